The van der Waals surface area contributed by atoms with E-state index in [1.165, 1.54) is 11.1 Å². The molecule has 1 aliphatic rings. The Labute approximate surface area is 103 Å². The van der Waals surface area contributed by atoms with Crippen molar-refractivity contribution in [3.8, 4) is 0 Å². The highest BCUT2D eigenvalue weighted by Gasteiger charge is 2.16. The van der Waals surface area contributed by atoms with Crippen LogP contribution in [0.15, 0.2) is 54.1 Å². The van der Waals surface area contributed by atoms with E-state index in [2.05, 4.69) is 18.2 Å². The molecule has 0 saturated carbocycles. The second-order valence-electron chi connectivity index (χ2n) is 4.64. The van der Waals surface area contributed by atoms with Crippen LogP contribution in [0.3, 0.4) is 0 Å². The Morgan fingerprint density at radius 2 is 1.94 bits per heavy atom. The van der Waals surface area contributed by atoms with E-state index < -0.39 is 0 Å². The number of carbonyl (C=O) groups is 1. The molecule has 0 aliphatic heterocycles. The van der Waals surface area contributed by atoms with Crippen molar-refractivity contribution in [1.29, 1.82) is 0 Å². The third-order valence-corrected chi connectivity index (χ3v) is 3.26. The number of benzene rings is 1. The molecule has 0 spiro atoms. The topological polar surface area (TPSA) is 17.1 Å². The number of aryl methyl sites for hydroxylation is 1. The van der Waals surface area contributed by atoms with Gasteiger partial charge >= 0.3 is 0 Å². The van der Waals surface area contributed by atoms with Crippen LogP contribution in [0.25, 0.3) is 0 Å². The van der Waals surface area contributed by atoms with Gasteiger partial charge in [-0.15, -0.1) is 0 Å². The van der Waals surface area contributed by atoms with Crippen LogP contribution in [0.2, 0.25) is 0 Å². The molecule has 0 N–H and O–H groups in total. The lowest BCUT2D eigenvalue weighted by Crippen LogP contribution is -2.11. The first kappa shape index (κ1) is 11.8. The van der Waals surface area contributed by atoms with Crippen molar-refractivity contribution in [2.24, 2.45) is 5.92 Å². The molecule has 0 bridgehead atoms. The van der Waals surface area contributed by atoms with E-state index in [4.69, 9.17) is 0 Å². The maximum atomic E-state index is 11.9. The molecule has 2 rings (SSSR count). The maximum absolute atomic E-state index is 11.9. The fourth-order valence-corrected chi connectivity index (χ4v) is 2.11. The normalized spacial score (nSPS) is 19.9. The van der Waals surface area contributed by atoms with Gasteiger partial charge in [0, 0.05) is 5.92 Å². The largest absolute Gasteiger partial charge is 0.295 e. The van der Waals surface area contributed by atoms with Crippen molar-refractivity contribution in [2.45, 2.75) is 26.2 Å². The van der Waals surface area contributed by atoms with Crippen LogP contribution in [-0.2, 0) is 11.2 Å². The Kier molecular flexibility index (Phi) is 3.92. The van der Waals surface area contributed by atoms with E-state index in [1.807, 2.05) is 31.2 Å². The summed E-state index contributed by atoms with van der Waals surface area (Å²) >= 11 is 0. The van der Waals surface area contributed by atoms with Gasteiger partial charge in [-0.2, -0.15) is 0 Å². The summed E-state index contributed by atoms with van der Waals surface area (Å²) in [6.07, 6.45) is 8.62. The molecular formula is C16H18O. The average molecular weight is 226 g/mol. The van der Waals surface area contributed by atoms with Crippen LogP contribution in [0.4, 0.5) is 0 Å². The molecule has 1 aromatic rings. The van der Waals surface area contributed by atoms with Crippen molar-refractivity contribution in [1.82, 2.24) is 0 Å². The summed E-state index contributed by atoms with van der Waals surface area (Å²) in [7, 11) is 0. The molecule has 17 heavy (non-hydrogen) atoms. The SMILES string of the molecule is CC1=CCC(CCc2ccccc2)C(=O)C=C1. The molecule has 0 saturated heterocycles. The lowest BCUT2D eigenvalue weighted by Gasteiger charge is -2.10. The first-order chi connectivity index (χ1) is 8.25. The van der Waals surface area contributed by atoms with Gasteiger partial charge in [-0.3, -0.25) is 4.79 Å². The van der Waals surface area contributed by atoms with Gasteiger partial charge in [0.1, 0.15) is 0 Å². The van der Waals surface area contributed by atoms with Crippen molar-refractivity contribution in [3.05, 3.63) is 59.7 Å². The van der Waals surface area contributed by atoms with E-state index >= 15 is 0 Å². The van der Waals surface area contributed by atoms with Crippen molar-refractivity contribution in [2.75, 3.05) is 0 Å². The molecule has 1 atom stereocenters. The van der Waals surface area contributed by atoms with Gasteiger partial charge in [-0.1, -0.05) is 48.1 Å². The third kappa shape index (κ3) is 3.42. The van der Waals surface area contributed by atoms with Crippen LogP contribution in [0, 0.1) is 5.92 Å². The summed E-state index contributed by atoms with van der Waals surface area (Å²) in [5.74, 6) is 0.429. The Morgan fingerprint density at radius 1 is 1.18 bits per heavy atom. The van der Waals surface area contributed by atoms with E-state index in [0.29, 0.717) is 0 Å². The highest BCUT2D eigenvalue weighted by atomic mass is 16.1. The van der Waals surface area contributed by atoms with Crippen molar-refractivity contribution in [3.63, 3.8) is 0 Å². The molecule has 0 fully saturated rings. The predicted octanol–water partition coefficient (Wildman–Crippen LogP) is 3.71. The van der Waals surface area contributed by atoms with Crippen LogP contribution in [-0.4, -0.2) is 5.78 Å². The summed E-state index contributed by atoms with van der Waals surface area (Å²) in [4.78, 5) is 11.9. The predicted molar refractivity (Wildman–Crippen MR) is 70.8 cm³/mol. The Bertz CT molecular complexity index is 440. The Morgan fingerprint density at radius 3 is 2.71 bits per heavy atom. The zero-order chi connectivity index (χ0) is 12.1. The second-order valence-corrected chi connectivity index (χ2v) is 4.64. The fourth-order valence-electron chi connectivity index (χ4n) is 2.11. The molecule has 1 heteroatoms. The minimum absolute atomic E-state index is 0.156. The Hall–Kier alpha value is -1.63. The smallest absolute Gasteiger partial charge is 0.159 e. The fraction of sp³-hybridized carbons (Fsp3) is 0.312. The molecule has 1 nitrogen and oxygen atoms in total. The molecule has 0 radical (unpaired) electrons. The van der Waals surface area contributed by atoms with Gasteiger partial charge in [-0.05, 0) is 37.8 Å². The van der Waals surface area contributed by atoms with Crippen LogP contribution in [0.5, 0.6) is 0 Å². The van der Waals surface area contributed by atoms with Gasteiger partial charge in [0.25, 0.3) is 0 Å². The van der Waals surface area contributed by atoms with E-state index in [1.54, 1.807) is 6.08 Å². The Balaban J connectivity index is 1.95. The molecule has 0 amide bonds. The molecule has 0 heterocycles. The molecular weight excluding hydrogens is 208 g/mol. The number of rotatable bonds is 3. The van der Waals surface area contributed by atoms with Crippen molar-refractivity contribution >= 4 is 5.78 Å². The van der Waals surface area contributed by atoms with Crippen molar-refractivity contribution < 1.29 is 4.79 Å². The number of ketones is 1. The molecule has 0 aromatic heterocycles. The monoisotopic (exact) mass is 226 g/mol. The quantitative estimate of drug-likeness (QED) is 0.768. The van der Waals surface area contributed by atoms with Crippen LogP contribution < -0.4 is 0 Å². The van der Waals surface area contributed by atoms with Gasteiger partial charge in [0.05, 0.1) is 0 Å². The number of hydrogen-bond acceptors (Lipinski definition) is 1. The third-order valence-electron chi connectivity index (χ3n) is 3.26. The highest BCUT2D eigenvalue weighted by Crippen LogP contribution is 2.19. The zero-order valence-corrected chi connectivity index (χ0v) is 10.2. The van der Waals surface area contributed by atoms with Gasteiger partial charge in [-0.25, -0.2) is 0 Å². The summed E-state index contributed by atoms with van der Waals surface area (Å²) in [6.45, 7) is 2.04. The standard InChI is InChI=1S/C16H18O/c1-13-7-10-15(16(17)12-8-13)11-9-14-5-3-2-4-6-14/h2-8,12,15H,9-11H2,1H3. The van der Waals surface area contributed by atoms with Crippen LogP contribution >= 0.6 is 0 Å². The first-order valence-corrected chi connectivity index (χ1v) is 6.18. The maximum Gasteiger partial charge on any atom is 0.159 e. The minimum Gasteiger partial charge on any atom is -0.295 e. The summed E-state index contributed by atoms with van der Waals surface area (Å²) < 4.78 is 0. The molecule has 88 valence electrons. The molecule has 1 aromatic carbocycles. The highest BCUT2D eigenvalue weighted by molar-refractivity contribution is 5.92. The summed E-state index contributed by atoms with van der Waals surface area (Å²) in [5.41, 5.74) is 2.51. The molecule has 1 aliphatic carbocycles. The summed E-state index contributed by atoms with van der Waals surface area (Å²) in [6, 6.07) is 10.4. The van der Waals surface area contributed by atoms with Gasteiger partial charge < -0.3 is 0 Å². The van der Waals surface area contributed by atoms with E-state index in [0.717, 1.165) is 19.3 Å². The summed E-state index contributed by atoms with van der Waals surface area (Å²) in [5, 5.41) is 0. The second kappa shape index (κ2) is 5.62. The number of carbonyl (C=O) groups excluding carboxylic acids is 1. The first-order valence-electron chi connectivity index (χ1n) is 6.18. The van der Waals surface area contributed by atoms with Crippen LogP contribution in [0.1, 0.15) is 25.3 Å². The number of hydrogen-bond donors (Lipinski definition) is 0. The van der Waals surface area contributed by atoms with E-state index in [-0.39, 0.29) is 11.7 Å². The number of allylic oxidation sites excluding steroid dienone is 4. The lowest BCUT2D eigenvalue weighted by molar-refractivity contribution is -0.118. The average Bonchev–Trinajstić information content (AvgIpc) is 2.52. The van der Waals surface area contributed by atoms with Gasteiger partial charge in [0.2, 0.25) is 0 Å². The van der Waals surface area contributed by atoms with E-state index in [9.17, 15) is 4.79 Å². The zero-order valence-electron chi connectivity index (χ0n) is 10.2. The minimum atomic E-state index is 0.156. The lowest BCUT2D eigenvalue weighted by atomic mass is 9.93. The van der Waals surface area contributed by atoms with Gasteiger partial charge in [0.15, 0.2) is 5.78 Å². The molecule has 1 unspecified atom stereocenters.